The minimum absolute atomic E-state index is 0.0959. The van der Waals surface area contributed by atoms with Gasteiger partial charge in [-0.1, -0.05) is 6.07 Å². The van der Waals surface area contributed by atoms with Gasteiger partial charge in [0.15, 0.2) is 0 Å². The number of hydrogen-bond donors (Lipinski definition) is 2. The molecule has 0 aliphatic rings. The van der Waals surface area contributed by atoms with Crippen molar-refractivity contribution in [3.63, 3.8) is 0 Å². The molecule has 0 aromatic carbocycles. The van der Waals surface area contributed by atoms with Crippen molar-refractivity contribution < 1.29 is 13.2 Å². The van der Waals surface area contributed by atoms with E-state index in [9.17, 15) is 13.2 Å². The molecule has 0 spiro atoms. The molecule has 9 heteroatoms. The van der Waals surface area contributed by atoms with Crippen molar-refractivity contribution in [1.29, 1.82) is 0 Å². The monoisotopic (exact) mass is 308 g/mol. The highest BCUT2D eigenvalue weighted by molar-refractivity contribution is 5.80. The van der Waals surface area contributed by atoms with E-state index in [0.29, 0.717) is 5.52 Å². The van der Waals surface area contributed by atoms with Crippen molar-refractivity contribution >= 4 is 17.3 Å². The van der Waals surface area contributed by atoms with E-state index >= 15 is 0 Å². The summed E-state index contributed by atoms with van der Waals surface area (Å²) in [6.45, 7) is 0. The van der Waals surface area contributed by atoms with E-state index in [-0.39, 0.29) is 23.2 Å². The zero-order valence-corrected chi connectivity index (χ0v) is 11.4. The number of nitrogens with one attached hydrogen (secondary N) is 1. The Morgan fingerprint density at radius 1 is 1.18 bits per heavy atom. The van der Waals surface area contributed by atoms with E-state index in [2.05, 4.69) is 20.3 Å². The fraction of sp³-hybridized carbons (Fsp3) is 0.154. The van der Waals surface area contributed by atoms with E-state index in [1.54, 1.807) is 28.8 Å². The number of nitrogens with zero attached hydrogens (tertiary/aromatic N) is 4. The molecule has 3 N–H and O–H groups in total. The highest BCUT2D eigenvalue weighted by Crippen LogP contribution is 2.40. The van der Waals surface area contributed by atoms with Crippen LogP contribution in [0.15, 0.2) is 30.7 Å². The van der Waals surface area contributed by atoms with Gasteiger partial charge in [0, 0.05) is 13.2 Å². The number of anilines is 2. The first-order valence-electron chi connectivity index (χ1n) is 6.26. The van der Waals surface area contributed by atoms with Gasteiger partial charge in [-0.15, -0.1) is 0 Å². The van der Waals surface area contributed by atoms with Crippen molar-refractivity contribution in [3.05, 3.63) is 36.3 Å². The molecule has 22 heavy (non-hydrogen) atoms. The zero-order valence-electron chi connectivity index (χ0n) is 11.4. The van der Waals surface area contributed by atoms with E-state index < -0.39 is 11.7 Å². The topological polar surface area (TPSA) is 81.1 Å². The third kappa shape index (κ3) is 2.20. The number of imidazole rings is 1. The second kappa shape index (κ2) is 4.86. The number of hydrogen-bond acceptors (Lipinski definition) is 5. The minimum Gasteiger partial charge on any atom is -0.372 e. The zero-order chi connectivity index (χ0) is 15.9. The van der Waals surface area contributed by atoms with Gasteiger partial charge in [-0.3, -0.25) is 0 Å². The van der Waals surface area contributed by atoms with Gasteiger partial charge < -0.3 is 15.5 Å². The van der Waals surface area contributed by atoms with Gasteiger partial charge in [0.05, 0.1) is 5.52 Å². The molecule has 0 saturated carbocycles. The first-order valence-corrected chi connectivity index (χ1v) is 6.26. The first kappa shape index (κ1) is 14.1. The summed E-state index contributed by atoms with van der Waals surface area (Å²) < 4.78 is 41.9. The molecule has 0 aliphatic carbocycles. The van der Waals surface area contributed by atoms with Crippen molar-refractivity contribution in [1.82, 2.24) is 19.4 Å². The summed E-state index contributed by atoms with van der Waals surface area (Å²) in [7, 11) is 1.34. The number of pyridine rings is 1. The Bertz CT molecular complexity index is 839. The highest BCUT2D eigenvalue weighted by atomic mass is 19.4. The van der Waals surface area contributed by atoms with Crippen molar-refractivity contribution in [2.75, 3.05) is 18.1 Å². The smallest absolute Gasteiger partial charge is 0.372 e. The lowest BCUT2D eigenvalue weighted by atomic mass is 10.1. The molecule has 0 radical (unpaired) electrons. The lowest BCUT2D eigenvalue weighted by Crippen LogP contribution is -2.15. The summed E-state index contributed by atoms with van der Waals surface area (Å²) in [5.41, 5.74) is 4.78. The van der Waals surface area contributed by atoms with Gasteiger partial charge in [-0.05, 0) is 12.1 Å². The van der Waals surface area contributed by atoms with Crippen molar-refractivity contribution in [2.45, 2.75) is 6.18 Å². The lowest BCUT2D eigenvalue weighted by molar-refractivity contribution is -0.136. The van der Waals surface area contributed by atoms with Crippen molar-refractivity contribution in [3.8, 4) is 11.4 Å². The summed E-state index contributed by atoms with van der Waals surface area (Å²) in [6.07, 6.45) is -1.54. The van der Waals surface area contributed by atoms with Crippen LogP contribution in [0, 0.1) is 0 Å². The quantitative estimate of drug-likeness (QED) is 0.760. The molecule has 0 atom stereocenters. The van der Waals surface area contributed by atoms with Gasteiger partial charge >= 0.3 is 6.18 Å². The summed E-state index contributed by atoms with van der Waals surface area (Å²) in [4.78, 5) is 11.4. The molecule has 3 aromatic heterocycles. The standard InChI is InChI=1S/C13H11F3N6/c1-18-11-8(13(14,15)16)10(20-12(17)21-11)9-7-4-2-3-5-22(7)6-19-9/h2-6H,1H3,(H3,17,18,20,21). The normalized spacial score (nSPS) is 11.8. The number of rotatable bonds is 2. The maximum absolute atomic E-state index is 13.4. The fourth-order valence-corrected chi connectivity index (χ4v) is 2.22. The Hall–Kier alpha value is -2.84. The van der Waals surface area contributed by atoms with Gasteiger partial charge in [-0.25, -0.2) is 9.97 Å². The number of fused-ring (bicyclic) bond motifs is 1. The third-order valence-corrected chi connectivity index (χ3v) is 3.11. The second-order valence-electron chi connectivity index (χ2n) is 4.49. The van der Waals surface area contributed by atoms with Gasteiger partial charge in [0.1, 0.15) is 29.1 Å². The maximum Gasteiger partial charge on any atom is 0.422 e. The van der Waals surface area contributed by atoms with Crippen LogP contribution in [0.3, 0.4) is 0 Å². The molecule has 0 bridgehead atoms. The molecule has 0 amide bonds. The third-order valence-electron chi connectivity index (χ3n) is 3.11. The molecule has 0 fully saturated rings. The average Bonchev–Trinajstić information content (AvgIpc) is 2.88. The second-order valence-corrected chi connectivity index (χ2v) is 4.49. The molecular formula is C13H11F3N6. The number of alkyl halides is 3. The Labute approximate surface area is 122 Å². The molecule has 6 nitrogen and oxygen atoms in total. The number of nitrogen functional groups attached to an aromatic ring is 1. The van der Waals surface area contributed by atoms with Crippen LogP contribution in [0.4, 0.5) is 24.9 Å². The molecule has 3 heterocycles. The predicted octanol–water partition coefficient (Wildman–Crippen LogP) is 2.43. The Morgan fingerprint density at radius 2 is 1.95 bits per heavy atom. The average molecular weight is 308 g/mol. The number of nitrogens with two attached hydrogens (primary N) is 1. The van der Waals surface area contributed by atoms with Crippen LogP contribution in [0.2, 0.25) is 0 Å². The van der Waals surface area contributed by atoms with Crippen LogP contribution in [0.25, 0.3) is 16.9 Å². The van der Waals surface area contributed by atoms with Crippen LogP contribution >= 0.6 is 0 Å². The molecule has 0 unspecified atom stereocenters. The molecule has 3 aromatic rings. The van der Waals surface area contributed by atoms with E-state index in [0.717, 1.165) is 0 Å². The molecule has 0 saturated heterocycles. The number of aromatic nitrogens is 4. The van der Waals surface area contributed by atoms with Crippen molar-refractivity contribution in [2.24, 2.45) is 0 Å². The van der Waals surface area contributed by atoms with Crippen LogP contribution in [-0.2, 0) is 6.18 Å². The maximum atomic E-state index is 13.4. The lowest BCUT2D eigenvalue weighted by Gasteiger charge is -2.15. The Morgan fingerprint density at radius 3 is 2.64 bits per heavy atom. The summed E-state index contributed by atoms with van der Waals surface area (Å²) in [6, 6.07) is 5.10. The summed E-state index contributed by atoms with van der Waals surface area (Å²) in [5.74, 6) is -0.642. The van der Waals surface area contributed by atoms with E-state index in [4.69, 9.17) is 5.73 Å². The molecule has 3 rings (SSSR count). The Kier molecular flexibility index (Phi) is 3.12. The van der Waals surface area contributed by atoms with E-state index in [1.807, 2.05) is 0 Å². The van der Waals surface area contributed by atoms with Gasteiger partial charge in [0.25, 0.3) is 0 Å². The van der Waals surface area contributed by atoms with Gasteiger partial charge in [0.2, 0.25) is 5.95 Å². The minimum atomic E-state index is -4.65. The summed E-state index contributed by atoms with van der Waals surface area (Å²) >= 11 is 0. The largest absolute Gasteiger partial charge is 0.422 e. The SMILES string of the molecule is CNc1nc(N)nc(-c2ncn3ccccc23)c1C(F)(F)F. The summed E-state index contributed by atoms with van der Waals surface area (Å²) in [5, 5.41) is 2.41. The molecule has 0 aliphatic heterocycles. The molecule has 114 valence electrons. The van der Waals surface area contributed by atoms with Crippen LogP contribution in [-0.4, -0.2) is 26.4 Å². The van der Waals surface area contributed by atoms with Crippen LogP contribution < -0.4 is 11.1 Å². The Balaban J connectivity index is 2.37. The van der Waals surface area contributed by atoms with Gasteiger partial charge in [-0.2, -0.15) is 18.2 Å². The number of halogens is 3. The van der Waals surface area contributed by atoms with E-state index in [1.165, 1.54) is 13.4 Å². The highest BCUT2D eigenvalue weighted by Gasteiger charge is 2.39. The fourth-order valence-electron chi connectivity index (χ4n) is 2.22. The first-order chi connectivity index (χ1) is 10.4. The predicted molar refractivity (Wildman–Crippen MR) is 75.2 cm³/mol. The van der Waals surface area contributed by atoms with Crippen LogP contribution in [0.5, 0.6) is 0 Å². The molecular weight excluding hydrogens is 297 g/mol. The van der Waals surface area contributed by atoms with Crippen LogP contribution in [0.1, 0.15) is 5.56 Å².